The Bertz CT molecular complexity index is 874. The fourth-order valence-electron chi connectivity index (χ4n) is 3.55. The second-order valence-corrected chi connectivity index (χ2v) is 8.74. The molecule has 0 saturated carbocycles. The summed E-state index contributed by atoms with van der Waals surface area (Å²) in [5.41, 5.74) is 0.386. The van der Waals surface area contributed by atoms with Gasteiger partial charge in [-0.1, -0.05) is 30.3 Å². The van der Waals surface area contributed by atoms with Crippen molar-refractivity contribution in [1.29, 1.82) is 0 Å². The minimum atomic E-state index is -4.10. The molecule has 0 bridgehead atoms. The number of halogens is 2. The third kappa shape index (κ3) is 3.79. The first-order valence-electron chi connectivity index (χ1n) is 8.46. The molecule has 4 nitrogen and oxygen atoms in total. The summed E-state index contributed by atoms with van der Waals surface area (Å²) in [7, 11) is -4.10. The van der Waals surface area contributed by atoms with Gasteiger partial charge in [-0.3, -0.25) is 0 Å². The highest BCUT2D eigenvalue weighted by atomic mass is 32.2. The quantitative estimate of drug-likeness (QED) is 0.866. The molecular formula is C19H21F2NO3S. The highest BCUT2D eigenvalue weighted by Gasteiger charge is 2.40. The topological polar surface area (TPSA) is 57.6 Å². The van der Waals surface area contributed by atoms with Crippen LogP contribution in [0.1, 0.15) is 18.4 Å². The van der Waals surface area contributed by atoms with E-state index in [1.807, 2.05) is 30.3 Å². The summed E-state index contributed by atoms with van der Waals surface area (Å²) in [5.74, 6) is -1.93. The Kier molecular flexibility index (Phi) is 5.41. The van der Waals surface area contributed by atoms with Gasteiger partial charge in [-0.25, -0.2) is 17.2 Å². The minimum absolute atomic E-state index is 0.0948. The Hall–Kier alpha value is -1.83. The number of rotatable bonds is 5. The van der Waals surface area contributed by atoms with Gasteiger partial charge in [0.15, 0.2) is 0 Å². The summed E-state index contributed by atoms with van der Waals surface area (Å²) in [5, 5.41) is 10.0. The van der Waals surface area contributed by atoms with Crippen LogP contribution in [0.25, 0.3) is 0 Å². The number of nitrogens with zero attached hydrogens (tertiary/aromatic N) is 1. The molecule has 0 aromatic heterocycles. The van der Waals surface area contributed by atoms with Gasteiger partial charge in [0, 0.05) is 24.6 Å². The third-order valence-corrected chi connectivity index (χ3v) is 6.77. The zero-order valence-corrected chi connectivity index (χ0v) is 15.1. The second-order valence-electron chi connectivity index (χ2n) is 6.84. The molecule has 1 unspecified atom stereocenters. The molecule has 1 heterocycles. The van der Waals surface area contributed by atoms with Crippen LogP contribution >= 0.6 is 0 Å². The van der Waals surface area contributed by atoms with Crippen LogP contribution in [0.15, 0.2) is 53.4 Å². The predicted octanol–water partition coefficient (Wildman–Crippen LogP) is 2.97. The molecule has 3 rings (SSSR count). The van der Waals surface area contributed by atoms with Crippen LogP contribution in [0, 0.1) is 17.0 Å². The molecule has 1 saturated heterocycles. The van der Waals surface area contributed by atoms with Crippen molar-refractivity contribution in [2.45, 2.75) is 24.2 Å². The van der Waals surface area contributed by atoms with Crippen molar-refractivity contribution in [3.8, 4) is 0 Å². The van der Waals surface area contributed by atoms with E-state index in [4.69, 9.17) is 0 Å². The van der Waals surface area contributed by atoms with E-state index in [2.05, 4.69) is 0 Å². The molecular weight excluding hydrogens is 360 g/mol. The van der Waals surface area contributed by atoms with E-state index in [0.717, 1.165) is 17.7 Å². The number of sulfonamides is 1. The van der Waals surface area contributed by atoms with Crippen molar-refractivity contribution < 1.29 is 22.3 Å². The summed E-state index contributed by atoms with van der Waals surface area (Å²) in [6.07, 6.45) is 1.77. The van der Waals surface area contributed by atoms with Crippen LogP contribution in [0.5, 0.6) is 0 Å². The largest absolute Gasteiger partial charge is 0.396 e. The van der Waals surface area contributed by atoms with Gasteiger partial charge in [0.25, 0.3) is 0 Å². The summed E-state index contributed by atoms with van der Waals surface area (Å²) in [4.78, 5) is -0.535. The van der Waals surface area contributed by atoms with Gasteiger partial charge in [0.1, 0.15) is 16.5 Å². The smallest absolute Gasteiger partial charge is 0.246 e. The maximum absolute atomic E-state index is 14.0. The minimum Gasteiger partial charge on any atom is -0.396 e. The molecule has 1 aliphatic rings. The lowest BCUT2D eigenvalue weighted by molar-refractivity contribution is 0.0644. The maximum atomic E-state index is 14.0. The molecule has 1 atom stereocenters. The Morgan fingerprint density at radius 1 is 1.12 bits per heavy atom. The highest BCUT2D eigenvalue weighted by Crippen LogP contribution is 2.36. The summed E-state index contributed by atoms with van der Waals surface area (Å²) < 4.78 is 54.1. The Balaban J connectivity index is 1.88. The molecule has 140 valence electrons. The molecule has 7 heteroatoms. The van der Waals surface area contributed by atoms with Crippen LogP contribution < -0.4 is 0 Å². The maximum Gasteiger partial charge on any atom is 0.246 e. The molecule has 1 fully saturated rings. The van der Waals surface area contributed by atoms with Gasteiger partial charge in [-0.2, -0.15) is 4.31 Å². The third-order valence-electron chi connectivity index (χ3n) is 4.90. The van der Waals surface area contributed by atoms with Gasteiger partial charge in [0.2, 0.25) is 10.0 Å². The van der Waals surface area contributed by atoms with Crippen molar-refractivity contribution >= 4 is 10.0 Å². The summed E-state index contributed by atoms with van der Waals surface area (Å²) in [6.45, 7) is 0.174. The van der Waals surface area contributed by atoms with Gasteiger partial charge in [-0.15, -0.1) is 0 Å². The van der Waals surface area contributed by atoms with Crippen LogP contribution in [0.4, 0.5) is 8.78 Å². The molecule has 1 N–H and O–H groups in total. The van der Waals surface area contributed by atoms with Crippen molar-refractivity contribution in [3.63, 3.8) is 0 Å². The fraction of sp³-hybridized carbons (Fsp3) is 0.368. The first-order valence-corrected chi connectivity index (χ1v) is 9.90. The van der Waals surface area contributed by atoms with E-state index in [1.54, 1.807) is 0 Å². The van der Waals surface area contributed by atoms with E-state index in [0.29, 0.717) is 25.3 Å². The number of aliphatic hydroxyl groups excluding tert-OH is 1. The van der Waals surface area contributed by atoms with E-state index in [-0.39, 0.29) is 19.7 Å². The van der Waals surface area contributed by atoms with Gasteiger partial charge >= 0.3 is 0 Å². The molecule has 0 spiro atoms. The van der Waals surface area contributed by atoms with Crippen molar-refractivity contribution in [2.75, 3.05) is 19.7 Å². The SMILES string of the molecule is O=S(=O)(c1ccc(F)cc1F)N1CCCC(CO)(Cc2ccccc2)C1. The first kappa shape index (κ1) is 18.9. The van der Waals surface area contributed by atoms with E-state index in [1.165, 1.54) is 4.31 Å². The molecule has 0 radical (unpaired) electrons. The Morgan fingerprint density at radius 3 is 2.50 bits per heavy atom. The van der Waals surface area contributed by atoms with E-state index >= 15 is 0 Å². The fourth-order valence-corrected chi connectivity index (χ4v) is 5.19. The van der Waals surface area contributed by atoms with Gasteiger partial charge < -0.3 is 5.11 Å². The lowest BCUT2D eigenvalue weighted by Gasteiger charge is -2.41. The van der Waals surface area contributed by atoms with Crippen LogP contribution in [0.2, 0.25) is 0 Å². The van der Waals surface area contributed by atoms with Crippen LogP contribution in [-0.2, 0) is 16.4 Å². The zero-order valence-electron chi connectivity index (χ0n) is 14.2. The molecule has 26 heavy (non-hydrogen) atoms. The molecule has 2 aromatic rings. The van der Waals surface area contributed by atoms with E-state index < -0.39 is 32.0 Å². The number of benzene rings is 2. The van der Waals surface area contributed by atoms with Crippen LogP contribution in [0.3, 0.4) is 0 Å². The normalized spacial score (nSPS) is 21.7. The number of hydrogen-bond donors (Lipinski definition) is 1. The zero-order chi connectivity index (χ0) is 18.8. The second kappa shape index (κ2) is 7.42. The van der Waals surface area contributed by atoms with Gasteiger partial charge in [0.05, 0.1) is 6.61 Å². The number of hydrogen-bond acceptors (Lipinski definition) is 3. The lowest BCUT2D eigenvalue weighted by Crippen LogP contribution is -2.49. The predicted molar refractivity (Wildman–Crippen MR) is 94.0 cm³/mol. The van der Waals surface area contributed by atoms with Gasteiger partial charge in [-0.05, 0) is 37.0 Å². The van der Waals surface area contributed by atoms with Crippen molar-refractivity contribution in [3.05, 3.63) is 65.7 Å². The standard InChI is InChI=1S/C19H21F2NO3S/c20-16-7-8-18(17(21)11-16)26(24,25)22-10-4-9-19(13-22,14-23)12-15-5-2-1-3-6-15/h1-3,5-8,11,23H,4,9-10,12-14H2. The number of piperidine rings is 1. The highest BCUT2D eigenvalue weighted by molar-refractivity contribution is 7.89. The average molecular weight is 381 g/mol. The molecule has 0 aliphatic carbocycles. The monoisotopic (exact) mass is 381 g/mol. The lowest BCUT2D eigenvalue weighted by atomic mass is 9.76. The summed E-state index contributed by atoms with van der Waals surface area (Å²) in [6, 6.07) is 12.0. The van der Waals surface area contributed by atoms with Crippen molar-refractivity contribution in [2.24, 2.45) is 5.41 Å². The molecule has 2 aromatic carbocycles. The number of aliphatic hydroxyl groups is 1. The van der Waals surface area contributed by atoms with E-state index in [9.17, 15) is 22.3 Å². The van der Waals surface area contributed by atoms with Crippen molar-refractivity contribution in [1.82, 2.24) is 4.31 Å². The van der Waals surface area contributed by atoms with Crippen LogP contribution in [-0.4, -0.2) is 37.5 Å². The molecule has 1 aliphatic heterocycles. The average Bonchev–Trinajstić information content (AvgIpc) is 2.62. The first-order chi connectivity index (χ1) is 12.4. The Morgan fingerprint density at radius 2 is 1.85 bits per heavy atom. The summed E-state index contributed by atoms with van der Waals surface area (Å²) >= 11 is 0. The molecule has 0 amide bonds. The Labute approximate surface area is 152 Å².